The first kappa shape index (κ1) is 17.7. The second-order valence-electron chi connectivity index (χ2n) is 4.38. The van der Waals surface area contributed by atoms with Gasteiger partial charge < -0.3 is 5.73 Å². The number of hydrogen-bond acceptors (Lipinski definition) is 4. The maximum absolute atomic E-state index is 14.1. The molecule has 1 unspecified atom stereocenters. The van der Waals surface area contributed by atoms with Crippen molar-refractivity contribution in [3.8, 4) is 0 Å². The molecule has 1 rings (SSSR count). The third-order valence-electron chi connectivity index (χ3n) is 2.70. The van der Waals surface area contributed by atoms with Gasteiger partial charge in [0.05, 0.1) is 0 Å². The van der Waals surface area contributed by atoms with Crippen LogP contribution in [-0.4, -0.2) is 26.5 Å². The van der Waals surface area contributed by atoms with Crippen LogP contribution in [0.1, 0.15) is 18.9 Å². The van der Waals surface area contributed by atoms with Crippen LogP contribution in [0, 0.1) is 5.82 Å². The van der Waals surface area contributed by atoms with Crippen LogP contribution < -0.4 is 10.5 Å². The molecule has 0 bridgehead atoms. The number of rotatable bonds is 7. The van der Waals surface area contributed by atoms with Gasteiger partial charge in [-0.15, -0.1) is 0 Å². The van der Waals surface area contributed by atoms with Crippen molar-refractivity contribution >= 4 is 33.4 Å². The molecule has 0 spiro atoms. The van der Waals surface area contributed by atoms with E-state index in [0.717, 1.165) is 11.8 Å². The number of hydrogen-bond donors (Lipinski definition) is 2. The number of nitrogens with one attached hydrogen (secondary N) is 1. The Morgan fingerprint density at radius 3 is 2.70 bits per heavy atom. The van der Waals surface area contributed by atoms with Gasteiger partial charge in [0.1, 0.15) is 10.7 Å². The highest BCUT2D eigenvalue weighted by Crippen LogP contribution is 2.24. The molecule has 0 saturated carbocycles. The van der Waals surface area contributed by atoms with E-state index in [4.69, 9.17) is 17.3 Å². The van der Waals surface area contributed by atoms with E-state index in [9.17, 15) is 12.8 Å². The largest absolute Gasteiger partial charge is 0.326 e. The predicted octanol–water partition coefficient (Wildman–Crippen LogP) is 2.36. The molecule has 0 heterocycles. The van der Waals surface area contributed by atoms with Crippen LogP contribution in [0.25, 0.3) is 0 Å². The molecule has 8 heteroatoms. The van der Waals surface area contributed by atoms with Gasteiger partial charge in [0.2, 0.25) is 10.0 Å². The number of benzene rings is 1. The van der Waals surface area contributed by atoms with Crippen molar-refractivity contribution in [2.75, 3.05) is 12.0 Å². The zero-order valence-corrected chi connectivity index (χ0v) is 13.7. The summed E-state index contributed by atoms with van der Waals surface area (Å²) in [5, 5.41) is 0.143. The fraction of sp³-hybridized carbons (Fsp3) is 0.500. The molecular formula is C12H18ClFN2O2S2. The summed E-state index contributed by atoms with van der Waals surface area (Å²) < 4.78 is 40.9. The van der Waals surface area contributed by atoms with E-state index < -0.39 is 20.7 Å². The van der Waals surface area contributed by atoms with Crippen molar-refractivity contribution in [1.29, 1.82) is 0 Å². The highest BCUT2D eigenvalue weighted by molar-refractivity contribution is 7.98. The Morgan fingerprint density at radius 2 is 2.15 bits per heavy atom. The van der Waals surface area contributed by atoms with Crippen molar-refractivity contribution in [3.63, 3.8) is 0 Å². The van der Waals surface area contributed by atoms with Crippen LogP contribution >= 0.6 is 23.4 Å². The number of halogens is 2. The lowest BCUT2D eigenvalue weighted by atomic mass is 10.2. The normalized spacial score (nSPS) is 13.4. The zero-order chi connectivity index (χ0) is 15.3. The summed E-state index contributed by atoms with van der Waals surface area (Å²) in [6.45, 7) is 1.62. The first-order valence-electron chi connectivity index (χ1n) is 6.01. The smallest absolute Gasteiger partial charge is 0.243 e. The van der Waals surface area contributed by atoms with E-state index in [1.165, 1.54) is 6.07 Å². The minimum absolute atomic E-state index is 0.0784. The summed E-state index contributed by atoms with van der Waals surface area (Å²) in [6, 6.07) is 2.14. The summed E-state index contributed by atoms with van der Waals surface area (Å²) in [4.78, 5) is -0.457. The van der Waals surface area contributed by atoms with Crippen molar-refractivity contribution < 1.29 is 12.8 Å². The number of thioether (sulfide) groups is 1. The molecule has 0 fully saturated rings. The molecule has 0 aromatic heterocycles. The maximum Gasteiger partial charge on any atom is 0.243 e. The Labute approximate surface area is 128 Å². The molecular weight excluding hydrogens is 323 g/mol. The van der Waals surface area contributed by atoms with Crippen molar-refractivity contribution in [2.24, 2.45) is 5.73 Å². The molecule has 1 aromatic carbocycles. The van der Waals surface area contributed by atoms with E-state index in [1.807, 2.05) is 6.26 Å². The first-order valence-corrected chi connectivity index (χ1v) is 9.26. The summed E-state index contributed by atoms with van der Waals surface area (Å²) in [5.41, 5.74) is 5.46. The fourth-order valence-corrected chi connectivity index (χ4v) is 3.96. The van der Waals surface area contributed by atoms with Gasteiger partial charge in [0.15, 0.2) is 0 Å². The van der Waals surface area contributed by atoms with Crippen LogP contribution in [-0.2, 0) is 16.6 Å². The average molecular weight is 341 g/mol. The molecule has 1 atom stereocenters. The van der Waals surface area contributed by atoms with E-state index >= 15 is 0 Å². The Bertz CT molecular complexity index is 567. The minimum atomic E-state index is -3.95. The third kappa shape index (κ3) is 4.60. The number of nitrogens with two attached hydrogens (primary N) is 1. The zero-order valence-electron chi connectivity index (χ0n) is 11.3. The number of sulfonamides is 1. The monoisotopic (exact) mass is 340 g/mol. The van der Waals surface area contributed by atoms with E-state index in [0.29, 0.717) is 6.42 Å². The minimum Gasteiger partial charge on any atom is -0.326 e. The van der Waals surface area contributed by atoms with E-state index in [1.54, 1.807) is 18.7 Å². The second kappa shape index (κ2) is 7.61. The Hall–Kier alpha value is -0.340. The summed E-state index contributed by atoms with van der Waals surface area (Å²) >= 11 is 7.43. The maximum atomic E-state index is 14.1. The van der Waals surface area contributed by atoms with Gasteiger partial charge in [-0.2, -0.15) is 11.8 Å². The molecule has 0 radical (unpaired) electrons. The SMILES string of the molecule is CSCCC(C)NS(=O)(=O)c1cc(Cl)cc(CN)c1F. The first-order chi connectivity index (χ1) is 9.31. The molecule has 4 nitrogen and oxygen atoms in total. The van der Waals surface area contributed by atoms with Crippen LogP contribution in [0.4, 0.5) is 4.39 Å². The highest BCUT2D eigenvalue weighted by Gasteiger charge is 2.23. The van der Waals surface area contributed by atoms with Gasteiger partial charge >= 0.3 is 0 Å². The van der Waals surface area contributed by atoms with Crippen molar-refractivity contribution in [2.45, 2.75) is 30.8 Å². The van der Waals surface area contributed by atoms with Crippen LogP contribution in [0.3, 0.4) is 0 Å². The molecule has 20 heavy (non-hydrogen) atoms. The summed E-state index contributed by atoms with van der Waals surface area (Å²) in [5.74, 6) is -0.0306. The van der Waals surface area contributed by atoms with Gasteiger partial charge in [-0.25, -0.2) is 17.5 Å². The van der Waals surface area contributed by atoms with Gasteiger partial charge in [0, 0.05) is 23.2 Å². The summed E-state index contributed by atoms with van der Waals surface area (Å²) in [7, 11) is -3.95. The Kier molecular flexibility index (Phi) is 6.74. The average Bonchev–Trinajstić information content (AvgIpc) is 2.37. The van der Waals surface area contributed by atoms with E-state index in [-0.39, 0.29) is 23.2 Å². The molecule has 0 amide bonds. The Morgan fingerprint density at radius 1 is 1.50 bits per heavy atom. The molecule has 3 N–H and O–H groups in total. The predicted molar refractivity (Wildman–Crippen MR) is 82.1 cm³/mol. The molecule has 0 aliphatic carbocycles. The molecule has 1 aromatic rings. The molecule has 114 valence electrons. The fourth-order valence-electron chi connectivity index (χ4n) is 1.64. The Balaban J connectivity index is 3.06. The molecule has 0 saturated heterocycles. The second-order valence-corrected chi connectivity index (χ2v) is 7.49. The van der Waals surface area contributed by atoms with Crippen LogP contribution in [0.5, 0.6) is 0 Å². The van der Waals surface area contributed by atoms with Crippen LogP contribution in [0.2, 0.25) is 5.02 Å². The highest BCUT2D eigenvalue weighted by atomic mass is 35.5. The topological polar surface area (TPSA) is 72.2 Å². The van der Waals surface area contributed by atoms with E-state index in [2.05, 4.69) is 4.72 Å². The lowest BCUT2D eigenvalue weighted by Gasteiger charge is -2.15. The molecule has 0 aliphatic heterocycles. The standard InChI is InChI=1S/C12H18ClFN2O2S2/c1-8(3-4-19-2)16-20(17,18)11-6-10(13)5-9(7-15)12(11)14/h5-6,8,16H,3-4,7,15H2,1-2H3. The van der Waals surface area contributed by atoms with Crippen LogP contribution in [0.15, 0.2) is 17.0 Å². The lowest BCUT2D eigenvalue weighted by Crippen LogP contribution is -2.33. The van der Waals surface area contributed by atoms with Gasteiger partial charge in [0.25, 0.3) is 0 Å². The molecule has 0 aliphatic rings. The van der Waals surface area contributed by atoms with Gasteiger partial charge in [-0.3, -0.25) is 0 Å². The third-order valence-corrected chi connectivity index (χ3v) is 5.15. The van der Waals surface area contributed by atoms with Gasteiger partial charge in [-0.05, 0) is 37.5 Å². The quantitative estimate of drug-likeness (QED) is 0.799. The van der Waals surface area contributed by atoms with Crippen molar-refractivity contribution in [1.82, 2.24) is 4.72 Å². The summed E-state index contributed by atoms with van der Waals surface area (Å²) in [6.07, 6.45) is 2.59. The van der Waals surface area contributed by atoms with Gasteiger partial charge in [-0.1, -0.05) is 11.6 Å². The van der Waals surface area contributed by atoms with Crippen molar-refractivity contribution in [3.05, 3.63) is 28.5 Å². The lowest BCUT2D eigenvalue weighted by molar-refractivity contribution is 0.536.